The van der Waals surface area contributed by atoms with E-state index in [1.165, 1.54) is 0 Å². The summed E-state index contributed by atoms with van der Waals surface area (Å²) in [4.78, 5) is 26.7. The van der Waals surface area contributed by atoms with Crippen LogP contribution in [0.25, 0.3) is 0 Å². The first-order valence-electron chi connectivity index (χ1n) is 7.80. The lowest BCUT2D eigenvalue weighted by atomic mass is 9.96. The molecule has 2 rings (SSSR count). The van der Waals surface area contributed by atoms with Crippen LogP contribution in [0.1, 0.15) is 39.5 Å². The zero-order valence-corrected chi connectivity index (χ0v) is 13.2. The Morgan fingerprint density at radius 2 is 2.19 bits per heavy atom. The second-order valence-electron chi connectivity index (χ2n) is 5.93. The molecule has 1 N–H and O–H groups in total. The van der Waals surface area contributed by atoms with E-state index in [1.54, 1.807) is 12.0 Å². The third-order valence-corrected chi connectivity index (χ3v) is 4.50. The fourth-order valence-corrected chi connectivity index (χ4v) is 3.15. The van der Waals surface area contributed by atoms with Crippen molar-refractivity contribution >= 4 is 11.8 Å². The quantitative estimate of drug-likeness (QED) is 0.784. The van der Waals surface area contributed by atoms with Crippen molar-refractivity contribution in [2.75, 3.05) is 26.9 Å². The minimum atomic E-state index is -0.475. The van der Waals surface area contributed by atoms with E-state index in [0.717, 1.165) is 12.8 Å². The Kier molecular flexibility index (Phi) is 5.22. The molecule has 0 bridgehead atoms. The predicted octanol–water partition coefficient (Wildman–Crippen LogP) is 0.698. The molecule has 2 fully saturated rings. The van der Waals surface area contributed by atoms with Crippen LogP contribution in [0.4, 0.5) is 0 Å². The monoisotopic (exact) mass is 298 g/mol. The van der Waals surface area contributed by atoms with E-state index in [-0.39, 0.29) is 11.8 Å². The number of carbonyl (C=O) groups is 2. The highest BCUT2D eigenvalue weighted by Gasteiger charge is 2.45. The van der Waals surface area contributed by atoms with Crippen LogP contribution < -0.4 is 5.32 Å². The number of hydrogen-bond donors (Lipinski definition) is 1. The number of nitrogens with one attached hydrogen (secondary N) is 1. The van der Waals surface area contributed by atoms with Gasteiger partial charge in [-0.25, -0.2) is 0 Å². The fraction of sp³-hybridized carbons (Fsp3) is 0.867. The van der Waals surface area contributed by atoms with Crippen LogP contribution in [-0.2, 0) is 19.1 Å². The summed E-state index contributed by atoms with van der Waals surface area (Å²) in [7, 11) is 1.65. The van der Waals surface area contributed by atoms with Crippen molar-refractivity contribution in [3.63, 3.8) is 0 Å². The van der Waals surface area contributed by atoms with Crippen LogP contribution in [0.15, 0.2) is 0 Å². The molecule has 0 saturated carbocycles. The van der Waals surface area contributed by atoms with Crippen molar-refractivity contribution in [3.05, 3.63) is 0 Å². The minimum Gasteiger partial charge on any atom is -0.378 e. The van der Waals surface area contributed by atoms with E-state index in [2.05, 4.69) is 5.32 Å². The molecule has 21 heavy (non-hydrogen) atoms. The van der Waals surface area contributed by atoms with Gasteiger partial charge in [-0.05, 0) is 12.8 Å². The summed E-state index contributed by atoms with van der Waals surface area (Å²) in [6.07, 6.45) is 2.90. The number of piperazine rings is 1. The van der Waals surface area contributed by atoms with Crippen molar-refractivity contribution in [1.82, 2.24) is 10.2 Å². The number of hydrogen-bond acceptors (Lipinski definition) is 4. The van der Waals surface area contributed by atoms with Gasteiger partial charge in [0.25, 0.3) is 0 Å². The topological polar surface area (TPSA) is 67.9 Å². The highest BCUT2D eigenvalue weighted by molar-refractivity contribution is 5.97. The van der Waals surface area contributed by atoms with Crippen LogP contribution in [0.2, 0.25) is 0 Å². The molecule has 2 heterocycles. The van der Waals surface area contributed by atoms with Gasteiger partial charge in [0.1, 0.15) is 17.7 Å². The first-order valence-corrected chi connectivity index (χ1v) is 7.80. The van der Waals surface area contributed by atoms with Crippen molar-refractivity contribution in [2.24, 2.45) is 0 Å². The average Bonchev–Trinajstić information content (AvgIpc) is 2.94. The van der Waals surface area contributed by atoms with Gasteiger partial charge in [0.05, 0.1) is 13.2 Å². The summed E-state index contributed by atoms with van der Waals surface area (Å²) in [6, 6.07) is -0.806. The van der Waals surface area contributed by atoms with Crippen molar-refractivity contribution < 1.29 is 19.1 Å². The largest absolute Gasteiger partial charge is 0.378 e. The van der Waals surface area contributed by atoms with Crippen LogP contribution in [0, 0.1) is 0 Å². The molecule has 0 radical (unpaired) electrons. The molecule has 2 aliphatic heterocycles. The van der Waals surface area contributed by atoms with E-state index in [1.807, 2.05) is 13.8 Å². The Morgan fingerprint density at radius 3 is 2.71 bits per heavy atom. The number of rotatable bonds is 6. The summed E-state index contributed by atoms with van der Waals surface area (Å²) in [5.41, 5.74) is -0.475. The Morgan fingerprint density at radius 1 is 1.43 bits per heavy atom. The minimum absolute atomic E-state index is 0.00613. The molecule has 0 aliphatic carbocycles. The second-order valence-corrected chi connectivity index (χ2v) is 5.93. The molecule has 0 aromatic carbocycles. The Bertz CT molecular complexity index is 393. The maximum absolute atomic E-state index is 12.7. The Hall–Kier alpha value is -1.14. The van der Waals surface area contributed by atoms with Gasteiger partial charge < -0.3 is 19.7 Å². The maximum Gasteiger partial charge on any atom is 0.245 e. The van der Waals surface area contributed by atoms with E-state index >= 15 is 0 Å². The van der Waals surface area contributed by atoms with Crippen LogP contribution in [-0.4, -0.2) is 61.3 Å². The molecular formula is C15H26N2O4. The first kappa shape index (κ1) is 16.2. The van der Waals surface area contributed by atoms with E-state index in [4.69, 9.17) is 9.47 Å². The lowest BCUT2D eigenvalue weighted by molar-refractivity contribution is -0.154. The number of methoxy groups -OCH3 is 1. The molecule has 120 valence electrons. The molecule has 2 amide bonds. The molecular weight excluding hydrogens is 272 g/mol. The lowest BCUT2D eigenvalue weighted by Gasteiger charge is -2.42. The summed E-state index contributed by atoms with van der Waals surface area (Å²) < 4.78 is 11.1. The van der Waals surface area contributed by atoms with E-state index < -0.39 is 17.7 Å². The normalized spacial score (nSPS) is 33.4. The molecule has 6 nitrogen and oxygen atoms in total. The molecule has 3 atom stereocenters. The lowest BCUT2D eigenvalue weighted by Crippen LogP contribution is -2.65. The SMILES string of the molecule is CCCC1NC(=O)C(CC)N(CC2(OC)CCOC2)C1=O. The van der Waals surface area contributed by atoms with Gasteiger partial charge in [-0.1, -0.05) is 20.3 Å². The molecule has 2 aliphatic rings. The maximum atomic E-state index is 12.7. The van der Waals surface area contributed by atoms with Gasteiger partial charge in [-0.2, -0.15) is 0 Å². The fourth-order valence-electron chi connectivity index (χ4n) is 3.15. The summed E-state index contributed by atoms with van der Waals surface area (Å²) >= 11 is 0. The highest BCUT2D eigenvalue weighted by atomic mass is 16.5. The average molecular weight is 298 g/mol. The van der Waals surface area contributed by atoms with Crippen molar-refractivity contribution in [3.8, 4) is 0 Å². The molecule has 0 spiro atoms. The zero-order valence-electron chi connectivity index (χ0n) is 13.2. The van der Waals surface area contributed by atoms with Crippen LogP contribution >= 0.6 is 0 Å². The number of carbonyl (C=O) groups excluding carboxylic acids is 2. The Balaban J connectivity index is 2.18. The molecule has 6 heteroatoms. The number of ether oxygens (including phenoxy) is 2. The zero-order chi connectivity index (χ0) is 15.5. The first-order chi connectivity index (χ1) is 10.1. The standard InChI is InChI=1S/C15H26N2O4/c1-4-6-11-14(19)17(12(5-2)13(18)16-11)9-15(20-3)7-8-21-10-15/h11-12H,4-10H2,1-3H3,(H,16,18). The van der Waals surface area contributed by atoms with Gasteiger partial charge in [0, 0.05) is 20.1 Å². The molecule has 0 aromatic heterocycles. The second kappa shape index (κ2) is 6.75. The van der Waals surface area contributed by atoms with Crippen LogP contribution in [0.3, 0.4) is 0 Å². The summed E-state index contributed by atoms with van der Waals surface area (Å²) in [6.45, 7) is 5.47. The summed E-state index contributed by atoms with van der Waals surface area (Å²) in [5.74, 6) is -0.0488. The van der Waals surface area contributed by atoms with E-state index in [0.29, 0.717) is 32.6 Å². The smallest absolute Gasteiger partial charge is 0.245 e. The highest BCUT2D eigenvalue weighted by Crippen LogP contribution is 2.27. The number of nitrogens with zero attached hydrogens (tertiary/aromatic N) is 1. The van der Waals surface area contributed by atoms with Gasteiger partial charge in [-0.3, -0.25) is 9.59 Å². The molecule has 3 unspecified atom stereocenters. The third kappa shape index (κ3) is 3.21. The predicted molar refractivity (Wildman–Crippen MR) is 77.8 cm³/mol. The van der Waals surface area contributed by atoms with Gasteiger partial charge in [-0.15, -0.1) is 0 Å². The van der Waals surface area contributed by atoms with Crippen LogP contribution in [0.5, 0.6) is 0 Å². The summed E-state index contributed by atoms with van der Waals surface area (Å²) in [5, 5.41) is 2.85. The van der Waals surface area contributed by atoms with Gasteiger partial charge in [0.15, 0.2) is 0 Å². The molecule has 2 saturated heterocycles. The van der Waals surface area contributed by atoms with Crippen molar-refractivity contribution in [1.29, 1.82) is 0 Å². The van der Waals surface area contributed by atoms with Gasteiger partial charge >= 0.3 is 0 Å². The number of amides is 2. The Labute approximate surface area is 126 Å². The van der Waals surface area contributed by atoms with Gasteiger partial charge in [0.2, 0.25) is 11.8 Å². The van der Waals surface area contributed by atoms with E-state index in [9.17, 15) is 9.59 Å². The molecule has 0 aromatic rings. The third-order valence-electron chi connectivity index (χ3n) is 4.50. The van der Waals surface area contributed by atoms with Crippen molar-refractivity contribution in [2.45, 2.75) is 57.2 Å².